The number of pyridine rings is 1. The molecule has 11 heteroatoms. The van der Waals surface area contributed by atoms with Crippen LogP contribution in [0.3, 0.4) is 0 Å². The number of carbonyl (C=O) groups excluding carboxylic acids is 3. The normalized spacial score (nSPS) is 13.3. The Labute approximate surface area is 290 Å². The van der Waals surface area contributed by atoms with E-state index >= 15 is 0 Å². The van der Waals surface area contributed by atoms with Crippen LogP contribution in [0.1, 0.15) is 80.1 Å². The Balaban J connectivity index is 1.19. The minimum atomic E-state index is -0.429. The van der Waals surface area contributed by atoms with Crippen LogP contribution in [0.15, 0.2) is 66.9 Å². The van der Waals surface area contributed by atoms with Gasteiger partial charge in [0.05, 0.1) is 17.3 Å². The van der Waals surface area contributed by atoms with E-state index < -0.39 is 5.82 Å². The molecular formula is C39H41FN6O4. The van der Waals surface area contributed by atoms with Gasteiger partial charge in [0.25, 0.3) is 11.8 Å². The number of anilines is 1. The van der Waals surface area contributed by atoms with Crippen molar-refractivity contribution in [3.8, 4) is 11.1 Å². The predicted molar refractivity (Wildman–Crippen MR) is 191 cm³/mol. The SMILES string of the molecule is CCc1nc2c(cnn2CC)c(NC2CCOCC2)c1CNC(=O)c1cc(C)cc(C(=O)NCc2ccc(F)c(-c3cccc(C=O)c3)c2)c1. The number of nitrogens with one attached hydrogen (secondary N) is 3. The van der Waals surface area contributed by atoms with Crippen LogP contribution in [-0.4, -0.2) is 52.1 Å². The van der Waals surface area contributed by atoms with E-state index in [9.17, 15) is 18.8 Å². The van der Waals surface area contributed by atoms with Gasteiger partial charge in [-0.15, -0.1) is 0 Å². The van der Waals surface area contributed by atoms with E-state index in [0.29, 0.717) is 65.8 Å². The molecule has 2 amide bonds. The third-order valence-corrected chi connectivity index (χ3v) is 9.02. The van der Waals surface area contributed by atoms with Gasteiger partial charge in [-0.25, -0.2) is 14.1 Å². The van der Waals surface area contributed by atoms with Gasteiger partial charge in [-0.3, -0.25) is 14.4 Å². The number of amides is 2. The van der Waals surface area contributed by atoms with Gasteiger partial charge in [-0.1, -0.05) is 31.2 Å². The molecule has 3 heterocycles. The second-order valence-electron chi connectivity index (χ2n) is 12.5. The first-order valence-corrected chi connectivity index (χ1v) is 17.0. The van der Waals surface area contributed by atoms with Gasteiger partial charge >= 0.3 is 0 Å². The summed E-state index contributed by atoms with van der Waals surface area (Å²) < 4.78 is 22.2. The summed E-state index contributed by atoms with van der Waals surface area (Å²) in [5.74, 6) is -1.11. The predicted octanol–water partition coefficient (Wildman–Crippen LogP) is 6.39. The number of ether oxygens (including phenoxy) is 1. The van der Waals surface area contributed by atoms with E-state index in [4.69, 9.17) is 9.72 Å². The minimum Gasteiger partial charge on any atom is -0.381 e. The highest BCUT2D eigenvalue weighted by Crippen LogP contribution is 2.31. The average Bonchev–Trinajstić information content (AvgIpc) is 3.56. The van der Waals surface area contributed by atoms with Crippen molar-refractivity contribution in [1.29, 1.82) is 0 Å². The fourth-order valence-corrected chi connectivity index (χ4v) is 6.38. The molecule has 0 bridgehead atoms. The first-order valence-electron chi connectivity index (χ1n) is 17.0. The van der Waals surface area contributed by atoms with Crippen molar-refractivity contribution < 1.29 is 23.5 Å². The Morgan fingerprint density at radius 1 is 0.980 bits per heavy atom. The van der Waals surface area contributed by atoms with E-state index in [1.807, 2.05) is 31.6 Å². The second-order valence-corrected chi connectivity index (χ2v) is 12.5. The summed E-state index contributed by atoms with van der Waals surface area (Å²) in [4.78, 5) is 43.1. The molecule has 0 radical (unpaired) electrons. The molecule has 3 aromatic carbocycles. The number of rotatable bonds is 12. The third kappa shape index (κ3) is 7.58. The molecule has 10 nitrogen and oxygen atoms in total. The summed E-state index contributed by atoms with van der Waals surface area (Å²) in [5.41, 5.74) is 7.03. The summed E-state index contributed by atoms with van der Waals surface area (Å²) in [6.45, 7) is 8.38. The molecule has 50 heavy (non-hydrogen) atoms. The number of benzene rings is 3. The van der Waals surface area contributed by atoms with Crippen LogP contribution in [0.2, 0.25) is 0 Å². The number of nitrogens with zero attached hydrogens (tertiary/aromatic N) is 3. The molecule has 5 aromatic rings. The van der Waals surface area contributed by atoms with Crippen LogP contribution in [0.5, 0.6) is 0 Å². The van der Waals surface area contributed by atoms with Crippen molar-refractivity contribution in [3.05, 3.63) is 112 Å². The van der Waals surface area contributed by atoms with E-state index in [-0.39, 0.29) is 30.9 Å². The average molecular weight is 677 g/mol. The lowest BCUT2D eigenvalue weighted by Crippen LogP contribution is -2.30. The van der Waals surface area contributed by atoms with Crippen LogP contribution >= 0.6 is 0 Å². The van der Waals surface area contributed by atoms with Crippen LogP contribution in [0.4, 0.5) is 10.1 Å². The molecule has 1 saturated heterocycles. The van der Waals surface area contributed by atoms with Gasteiger partial charge in [0.1, 0.15) is 12.1 Å². The summed E-state index contributed by atoms with van der Waals surface area (Å²) in [6, 6.07) is 16.6. The van der Waals surface area contributed by atoms with Crippen molar-refractivity contribution in [2.75, 3.05) is 18.5 Å². The second kappa shape index (κ2) is 15.4. The van der Waals surface area contributed by atoms with Crippen molar-refractivity contribution in [1.82, 2.24) is 25.4 Å². The minimum absolute atomic E-state index is 0.141. The van der Waals surface area contributed by atoms with Crippen molar-refractivity contribution in [2.45, 2.75) is 65.7 Å². The smallest absolute Gasteiger partial charge is 0.251 e. The number of aryl methyl sites for hydroxylation is 3. The molecule has 258 valence electrons. The Kier molecular flexibility index (Phi) is 10.6. The fourth-order valence-electron chi connectivity index (χ4n) is 6.38. The highest BCUT2D eigenvalue weighted by molar-refractivity contribution is 6.00. The topological polar surface area (TPSA) is 127 Å². The number of aromatic nitrogens is 3. The van der Waals surface area contributed by atoms with Crippen LogP contribution in [0.25, 0.3) is 22.2 Å². The van der Waals surface area contributed by atoms with Gasteiger partial charge in [0.15, 0.2) is 5.65 Å². The Morgan fingerprint density at radius 2 is 1.72 bits per heavy atom. The summed E-state index contributed by atoms with van der Waals surface area (Å²) >= 11 is 0. The molecule has 0 saturated carbocycles. The number of hydrogen-bond donors (Lipinski definition) is 3. The van der Waals surface area contributed by atoms with Crippen LogP contribution in [-0.2, 0) is 30.8 Å². The largest absolute Gasteiger partial charge is 0.381 e. The monoisotopic (exact) mass is 676 g/mol. The van der Waals surface area contributed by atoms with E-state index in [1.54, 1.807) is 54.6 Å². The van der Waals surface area contributed by atoms with Crippen molar-refractivity contribution in [3.63, 3.8) is 0 Å². The molecule has 0 atom stereocenters. The molecule has 0 unspecified atom stereocenters. The van der Waals surface area contributed by atoms with Gasteiger partial charge in [-0.2, -0.15) is 5.10 Å². The number of carbonyl (C=O) groups is 3. The van der Waals surface area contributed by atoms with Gasteiger partial charge < -0.3 is 20.7 Å². The summed E-state index contributed by atoms with van der Waals surface area (Å²) in [7, 11) is 0. The summed E-state index contributed by atoms with van der Waals surface area (Å²) in [5, 5.41) is 15.2. The Morgan fingerprint density at radius 3 is 2.42 bits per heavy atom. The highest BCUT2D eigenvalue weighted by Gasteiger charge is 2.22. The third-order valence-electron chi connectivity index (χ3n) is 9.02. The molecule has 1 fully saturated rings. The lowest BCUT2D eigenvalue weighted by atomic mass is 10.0. The lowest BCUT2D eigenvalue weighted by Gasteiger charge is -2.26. The van der Waals surface area contributed by atoms with Crippen molar-refractivity contribution in [2.24, 2.45) is 0 Å². The lowest BCUT2D eigenvalue weighted by molar-refractivity contribution is 0.0904. The maximum atomic E-state index is 14.7. The van der Waals surface area contributed by atoms with Gasteiger partial charge in [-0.05, 0) is 86.2 Å². The van der Waals surface area contributed by atoms with E-state index in [1.165, 1.54) is 6.07 Å². The first-order chi connectivity index (χ1) is 24.3. The highest BCUT2D eigenvalue weighted by atomic mass is 19.1. The molecule has 1 aliphatic heterocycles. The molecule has 1 aliphatic rings. The zero-order valence-electron chi connectivity index (χ0n) is 28.5. The number of hydrogen-bond acceptors (Lipinski definition) is 7. The Bertz CT molecular complexity index is 2050. The molecule has 3 N–H and O–H groups in total. The molecule has 2 aromatic heterocycles. The molecule has 6 rings (SSSR count). The summed E-state index contributed by atoms with van der Waals surface area (Å²) in [6.07, 6.45) is 4.98. The maximum Gasteiger partial charge on any atom is 0.251 e. The van der Waals surface area contributed by atoms with E-state index in [0.717, 1.165) is 46.4 Å². The fraction of sp³-hybridized carbons (Fsp3) is 0.308. The van der Waals surface area contributed by atoms with Crippen LogP contribution < -0.4 is 16.0 Å². The van der Waals surface area contributed by atoms with Crippen molar-refractivity contribution >= 4 is 34.8 Å². The Hall–Kier alpha value is -5.42. The zero-order chi connectivity index (χ0) is 35.2. The molecule has 0 spiro atoms. The standard InChI is InChI=1S/C39H41FN6O4/c1-4-35-32(36(44-30-11-13-50-14-12-30)33-22-43-46(5-2)37(33)45-35)21-42-39(49)29-16-24(3)15-28(19-29)38(48)41-20-25-9-10-34(40)31(18-25)27-8-6-7-26(17-27)23-47/h6-10,15-19,22-23,30H,4-5,11-14,20-21H2,1-3H3,(H,41,48)(H,42,49)(H,44,45). The molecule has 0 aliphatic carbocycles. The van der Waals surface area contributed by atoms with E-state index in [2.05, 4.69) is 21.0 Å². The molecular weight excluding hydrogens is 635 g/mol. The number of fused-ring (bicyclic) bond motifs is 1. The van der Waals surface area contributed by atoms with Gasteiger partial charge in [0, 0.05) is 72.4 Å². The van der Waals surface area contributed by atoms with Crippen LogP contribution in [0, 0.1) is 12.7 Å². The quantitative estimate of drug-likeness (QED) is 0.131. The number of halogens is 1. The number of aldehydes is 1. The van der Waals surface area contributed by atoms with Gasteiger partial charge in [0.2, 0.25) is 0 Å². The first kappa shape index (κ1) is 34.4. The zero-order valence-corrected chi connectivity index (χ0v) is 28.5. The maximum absolute atomic E-state index is 14.7.